The van der Waals surface area contributed by atoms with Crippen LogP contribution in [0, 0.1) is 6.92 Å². The zero-order valence-electron chi connectivity index (χ0n) is 16.1. The highest BCUT2D eigenvalue weighted by Crippen LogP contribution is 2.11. The molecule has 0 spiro atoms. The summed E-state index contributed by atoms with van der Waals surface area (Å²) in [5.74, 6) is -0.181. The minimum absolute atomic E-state index is 0.00206. The van der Waals surface area contributed by atoms with Crippen LogP contribution in [0.3, 0.4) is 0 Å². The van der Waals surface area contributed by atoms with Crippen molar-refractivity contribution in [2.75, 3.05) is 32.7 Å². The van der Waals surface area contributed by atoms with Crippen molar-refractivity contribution >= 4 is 17.7 Å². The first-order valence-corrected chi connectivity index (χ1v) is 9.51. The highest BCUT2D eigenvalue weighted by molar-refractivity contribution is 5.95. The van der Waals surface area contributed by atoms with Gasteiger partial charge in [0.2, 0.25) is 5.91 Å². The minimum Gasteiger partial charge on any atom is -0.352 e. The normalized spacial score (nSPS) is 13.9. The van der Waals surface area contributed by atoms with Gasteiger partial charge in [-0.2, -0.15) is 0 Å². The number of benzene rings is 2. The van der Waals surface area contributed by atoms with Crippen LogP contribution >= 0.6 is 0 Å². The largest absolute Gasteiger partial charge is 0.352 e. The second kappa shape index (κ2) is 9.17. The average molecular weight is 379 g/mol. The molecule has 0 aliphatic carbocycles. The summed E-state index contributed by atoms with van der Waals surface area (Å²) in [6.45, 7) is 4.37. The minimum atomic E-state index is -0.179. The van der Waals surface area contributed by atoms with Crippen LogP contribution in [-0.2, 0) is 4.79 Å². The maximum absolute atomic E-state index is 12.5. The number of piperazine rings is 1. The van der Waals surface area contributed by atoms with Gasteiger partial charge in [-0.25, -0.2) is 0 Å². The molecule has 1 fully saturated rings. The maximum atomic E-state index is 12.5. The fourth-order valence-corrected chi connectivity index (χ4v) is 3.17. The van der Waals surface area contributed by atoms with Gasteiger partial charge in [-0.05, 0) is 31.2 Å². The molecule has 2 aromatic carbocycles. The standard InChI is InChI=1S/C22H25N3O3/c1-17-7-9-19(10-8-17)22(28)25-15-13-24(14-16-25)20(26)11-12-23-21(27)18-5-3-2-4-6-18/h2-10H,11-16H2,1H3,(H,23,27). The number of carbonyl (C=O) groups excluding carboxylic acids is 3. The van der Waals surface area contributed by atoms with E-state index in [1.54, 1.807) is 34.1 Å². The molecular formula is C22H25N3O3. The van der Waals surface area contributed by atoms with Gasteiger partial charge in [0.15, 0.2) is 0 Å². The van der Waals surface area contributed by atoms with Crippen molar-refractivity contribution in [1.29, 1.82) is 0 Å². The molecule has 2 aromatic rings. The van der Waals surface area contributed by atoms with Crippen LogP contribution in [0.5, 0.6) is 0 Å². The second-order valence-corrected chi connectivity index (χ2v) is 6.91. The van der Waals surface area contributed by atoms with Crippen LogP contribution in [-0.4, -0.2) is 60.2 Å². The SMILES string of the molecule is Cc1ccc(C(=O)N2CCN(C(=O)CCNC(=O)c3ccccc3)CC2)cc1. The molecule has 1 heterocycles. The van der Waals surface area contributed by atoms with Gasteiger partial charge in [-0.15, -0.1) is 0 Å². The van der Waals surface area contributed by atoms with Gasteiger partial charge in [-0.1, -0.05) is 35.9 Å². The van der Waals surface area contributed by atoms with E-state index >= 15 is 0 Å². The first kappa shape index (κ1) is 19.6. The molecule has 6 heteroatoms. The van der Waals surface area contributed by atoms with Crippen molar-refractivity contribution in [3.63, 3.8) is 0 Å². The van der Waals surface area contributed by atoms with Gasteiger partial charge in [0.05, 0.1) is 0 Å². The van der Waals surface area contributed by atoms with Crippen LogP contribution in [0.25, 0.3) is 0 Å². The Morgan fingerprint density at radius 3 is 2.07 bits per heavy atom. The van der Waals surface area contributed by atoms with Gasteiger partial charge in [0, 0.05) is 50.3 Å². The first-order chi connectivity index (χ1) is 13.5. The summed E-state index contributed by atoms with van der Waals surface area (Å²) in [6.07, 6.45) is 0.254. The summed E-state index contributed by atoms with van der Waals surface area (Å²) in [5.41, 5.74) is 2.37. The third-order valence-corrected chi connectivity index (χ3v) is 4.88. The molecule has 0 radical (unpaired) electrons. The molecule has 1 saturated heterocycles. The molecule has 3 amide bonds. The fraction of sp³-hybridized carbons (Fsp3) is 0.318. The summed E-state index contributed by atoms with van der Waals surface area (Å²) in [6, 6.07) is 16.5. The van der Waals surface area contributed by atoms with E-state index in [1.807, 2.05) is 37.3 Å². The van der Waals surface area contributed by atoms with E-state index in [9.17, 15) is 14.4 Å². The van der Waals surface area contributed by atoms with E-state index in [2.05, 4.69) is 5.32 Å². The molecule has 0 aromatic heterocycles. The molecule has 0 bridgehead atoms. The third-order valence-electron chi connectivity index (χ3n) is 4.88. The van der Waals surface area contributed by atoms with E-state index < -0.39 is 0 Å². The first-order valence-electron chi connectivity index (χ1n) is 9.51. The number of hydrogen-bond donors (Lipinski definition) is 1. The Kier molecular flexibility index (Phi) is 6.42. The lowest BCUT2D eigenvalue weighted by atomic mass is 10.1. The Hall–Kier alpha value is -3.15. The number of hydrogen-bond acceptors (Lipinski definition) is 3. The van der Waals surface area contributed by atoms with Gasteiger partial charge in [-0.3, -0.25) is 14.4 Å². The molecule has 0 saturated carbocycles. The lowest BCUT2D eigenvalue weighted by molar-refractivity contribution is -0.132. The molecule has 0 atom stereocenters. The van der Waals surface area contributed by atoms with Crippen LogP contribution < -0.4 is 5.32 Å². The number of aryl methyl sites for hydroxylation is 1. The van der Waals surface area contributed by atoms with Crippen LogP contribution in [0.1, 0.15) is 32.7 Å². The zero-order valence-corrected chi connectivity index (χ0v) is 16.1. The summed E-state index contributed by atoms with van der Waals surface area (Å²) in [5, 5.41) is 2.77. The summed E-state index contributed by atoms with van der Waals surface area (Å²) < 4.78 is 0. The van der Waals surface area contributed by atoms with Crippen molar-refractivity contribution < 1.29 is 14.4 Å². The second-order valence-electron chi connectivity index (χ2n) is 6.91. The van der Waals surface area contributed by atoms with E-state index in [0.29, 0.717) is 43.9 Å². The quantitative estimate of drug-likeness (QED) is 0.865. The zero-order chi connectivity index (χ0) is 19.9. The fourth-order valence-electron chi connectivity index (χ4n) is 3.17. The van der Waals surface area contributed by atoms with Gasteiger partial charge in [0.25, 0.3) is 11.8 Å². The van der Waals surface area contributed by atoms with Crippen molar-refractivity contribution in [1.82, 2.24) is 15.1 Å². The molecule has 28 heavy (non-hydrogen) atoms. The van der Waals surface area contributed by atoms with E-state index in [0.717, 1.165) is 5.56 Å². The van der Waals surface area contributed by atoms with Crippen LogP contribution in [0.4, 0.5) is 0 Å². The molecule has 1 N–H and O–H groups in total. The van der Waals surface area contributed by atoms with Crippen LogP contribution in [0.15, 0.2) is 54.6 Å². The number of nitrogens with zero attached hydrogens (tertiary/aromatic N) is 2. The molecule has 146 valence electrons. The molecule has 3 rings (SSSR count). The van der Waals surface area contributed by atoms with E-state index in [-0.39, 0.29) is 24.1 Å². The average Bonchev–Trinajstić information content (AvgIpc) is 2.74. The summed E-state index contributed by atoms with van der Waals surface area (Å²) >= 11 is 0. The highest BCUT2D eigenvalue weighted by atomic mass is 16.2. The van der Waals surface area contributed by atoms with Gasteiger partial charge in [0.1, 0.15) is 0 Å². The Bertz CT molecular complexity index is 826. The predicted molar refractivity (Wildman–Crippen MR) is 107 cm³/mol. The van der Waals surface area contributed by atoms with Gasteiger partial charge >= 0.3 is 0 Å². The van der Waals surface area contributed by atoms with Crippen molar-refractivity contribution in [3.05, 3.63) is 71.3 Å². The number of amides is 3. The van der Waals surface area contributed by atoms with Crippen molar-refractivity contribution in [2.24, 2.45) is 0 Å². The Balaban J connectivity index is 1.41. The summed E-state index contributed by atoms with van der Waals surface area (Å²) in [4.78, 5) is 40.5. The topological polar surface area (TPSA) is 69.7 Å². The van der Waals surface area contributed by atoms with Crippen LogP contribution in [0.2, 0.25) is 0 Å². The number of rotatable bonds is 5. The lowest BCUT2D eigenvalue weighted by Gasteiger charge is -2.35. The van der Waals surface area contributed by atoms with Crippen molar-refractivity contribution in [3.8, 4) is 0 Å². The van der Waals surface area contributed by atoms with E-state index in [1.165, 1.54) is 0 Å². The smallest absolute Gasteiger partial charge is 0.253 e. The lowest BCUT2D eigenvalue weighted by Crippen LogP contribution is -2.51. The molecule has 1 aliphatic heterocycles. The Morgan fingerprint density at radius 1 is 0.821 bits per heavy atom. The maximum Gasteiger partial charge on any atom is 0.253 e. The molecular weight excluding hydrogens is 354 g/mol. The van der Waals surface area contributed by atoms with Crippen molar-refractivity contribution in [2.45, 2.75) is 13.3 Å². The molecule has 6 nitrogen and oxygen atoms in total. The number of nitrogens with one attached hydrogen (secondary N) is 1. The molecule has 1 aliphatic rings. The third kappa shape index (κ3) is 4.97. The summed E-state index contributed by atoms with van der Waals surface area (Å²) in [7, 11) is 0. The highest BCUT2D eigenvalue weighted by Gasteiger charge is 2.24. The Morgan fingerprint density at radius 2 is 1.43 bits per heavy atom. The van der Waals surface area contributed by atoms with E-state index in [4.69, 9.17) is 0 Å². The monoisotopic (exact) mass is 379 g/mol. The van der Waals surface area contributed by atoms with Gasteiger partial charge < -0.3 is 15.1 Å². The predicted octanol–water partition coefficient (Wildman–Crippen LogP) is 2.10. The number of carbonyl (C=O) groups is 3. The molecule has 0 unspecified atom stereocenters. The Labute approximate surface area is 165 Å².